The first-order chi connectivity index (χ1) is 8.61. The number of aromatic nitrogens is 1. The maximum atomic E-state index is 12.2. The van der Waals surface area contributed by atoms with Gasteiger partial charge in [0.2, 0.25) is 0 Å². The largest absolute Gasteiger partial charge is 0.396 e. The Balaban J connectivity index is 2.05. The molecule has 0 bridgehead atoms. The van der Waals surface area contributed by atoms with Crippen LogP contribution in [0.15, 0.2) is 12.3 Å². The maximum absolute atomic E-state index is 12.2. The summed E-state index contributed by atoms with van der Waals surface area (Å²) in [5.41, 5.74) is 5.97. The van der Waals surface area contributed by atoms with Crippen molar-refractivity contribution in [1.29, 1.82) is 0 Å². The van der Waals surface area contributed by atoms with Gasteiger partial charge < -0.3 is 15.7 Å². The number of carbonyl (C=O) groups is 1. The van der Waals surface area contributed by atoms with E-state index in [1.54, 1.807) is 11.0 Å². The summed E-state index contributed by atoms with van der Waals surface area (Å²) in [6.07, 6.45) is 3.12. The van der Waals surface area contributed by atoms with E-state index in [1.165, 1.54) is 6.20 Å². The highest BCUT2D eigenvalue weighted by Gasteiger charge is 2.26. The first-order valence-electron chi connectivity index (χ1n) is 5.93. The molecule has 0 radical (unpaired) electrons. The molecule has 1 aliphatic heterocycles. The van der Waals surface area contributed by atoms with Crippen molar-refractivity contribution in [3.05, 3.63) is 22.8 Å². The van der Waals surface area contributed by atoms with E-state index in [0.717, 1.165) is 12.8 Å². The topological polar surface area (TPSA) is 79.5 Å². The van der Waals surface area contributed by atoms with Gasteiger partial charge in [-0.05, 0) is 24.8 Å². The maximum Gasteiger partial charge on any atom is 0.255 e. The fourth-order valence-corrected chi connectivity index (χ4v) is 2.35. The lowest BCUT2D eigenvalue weighted by molar-refractivity contribution is 0.0784. The average Bonchev–Trinajstić information content (AvgIpc) is 2.81. The lowest BCUT2D eigenvalue weighted by Gasteiger charge is -2.16. The minimum Gasteiger partial charge on any atom is -0.396 e. The third-order valence-corrected chi connectivity index (χ3v) is 3.53. The van der Waals surface area contributed by atoms with Crippen LogP contribution in [-0.2, 0) is 0 Å². The number of aliphatic hydroxyl groups is 1. The SMILES string of the molecule is Nc1ncc(C(=O)N2CCC(CCO)C2)cc1Cl. The first kappa shape index (κ1) is 13.1. The third-order valence-electron chi connectivity index (χ3n) is 3.23. The molecule has 0 aromatic carbocycles. The smallest absolute Gasteiger partial charge is 0.255 e. The normalized spacial score (nSPS) is 19.2. The molecule has 1 amide bonds. The molecular formula is C12H16ClN3O2. The number of nitrogens with zero attached hydrogens (tertiary/aromatic N) is 2. The van der Waals surface area contributed by atoms with Crippen molar-refractivity contribution in [1.82, 2.24) is 9.88 Å². The molecule has 6 heteroatoms. The zero-order chi connectivity index (χ0) is 13.1. The summed E-state index contributed by atoms with van der Waals surface area (Å²) >= 11 is 5.85. The van der Waals surface area contributed by atoms with Crippen LogP contribution in [0.3, 0.4) is 0 Å². The van der Waals surface area contributed by atoms with Gasteiger partial charge in [-0.2, -0.15) is 0 Å². The number of nitrogen functional groups attached to an aromatic ring is 1. The summed E-state index contributed by atoms with van der Waals surface area (Å²) in [7, 11) is 0. The second-order valence-corrected chi connectivity index (χ2v) is 4.92. The van der Waals surface area contributed by atoms with E-state index in [4.69, 9.17) is 22.4 Å². The number of nitrogens with two attached hydrogens (primary N) is 1. The van der Waals surface area contributed by atoms with E-state index < -0.39 is 0 Å². The lowest BCUT2D eigenvalue weighted by atomic mass is 10.1. The Morgan fingerprint density at radius 1 is 1.67 bits per heavy atom. The molecule has 98 valence electrons. The Morgan fingerprint density at radius 3 is 3.11 bits per heavy atom. The van der Waals surface area contributed by atoms with E-state index >= 15 is 0 Å². The molecule has 2 rings (SSSR count). The van der Waals surface area contributed by atoms with Gasteiger partial charge in [0, 0.05) is 25.9 Å². The standard InChI is InChI=1S/C12H16ClN3O2/c13-10-5-9(6-15-11(10)14)12(18)16-3-1-8(7-16)2-4-17/h5-6,8,17H,1-4,7H2,(H2,14,15). The monoisotopic (exact) mass is 269 g/mol. The van der Waals surface area contributed by atoms with Gasteiger partial charge >= 0.3 is 0 Å². The van der Waals surface area contributed by atoms with Gasteiger partial charge in [-0.3, -0.25) is 4.79 Å². The average molecular weight is 270 g/mol. The molecule has 18 heavy (non-hydrogen) atoms. The first-order valence-corrected chi connectivity index (χ1v) is 6.30. The highest BCUT2D eigenvalue weighted by molar-refractivity contribution is 6.33. The molecule has 3 N–H and O–H groups in total. The molecule has 5 nitrogen and oxygen atoms in total. The van der Waals surface area contributed by atoms with Crippen LogP contribution >= 0.6 is 11.6 Å². The molecule has 2 heterocycles. The molecule has 0 spiro atoms. The van der Waals surface area contributed by atoms with Crippen LogP contribution in [0.25, 0.3) is 0 Å². The number of rotatable bonds is 3. The Morgan fingerprint density at radius 2 is 2.44 bits per heavy atom. The molecule has 1 aromatic rings. The van der Waals surface area contributed by atoms with Crippen molar-refractivity contribution in [2.24, 2.45) is 5.92 Å². The summed E-state index contributed by atoms with van der Waals surface area (Å²) in [5, 5.41) is 9.19. The highest BCUT2D eigenvalue weighted by atomic mass is 35.5. The minimum absolute atomic E-state index is 0.0789. The van der Waals surface area contributed by atoms with Gasteiger partial charge in [-0.25, -0.2) is 4.98 Å². The number of hydrogen-bond acceptors (Lipinski definition) is 4. The van der Waals surface area contributed by atoms with Crippen LogP contribution in [0.5, 0.6) is 0 Å². The second kappa shape index (κ2) is 5.54. The van der Waals surface area contributed by atoms with Crippen molar-refractivity contribution in [2.45, 2.75) is 12.8 Å². The summed E-state index contributed by atoms with van der Waals surface area (Å²) in [4.78, 5) is 17.8. The van der Waals surface area contributed by atoms with Crippen LogP contribution in [0.4, 0.5) is 5.82 Å². The van der Waals surface area contributed by atoms with Crippen molar-refractivity contribution in [2.75, 3.05) is 25.4 Å². The fourth-order valence-electron chi connectivity index (χ4n) is 2.18. The molecule has 1 aliphatic rings. The van der Waals surface area contributed by atoms with Crippen molar-refractivity contribution < 1.29 is 9.90 Å². The summed E-state index contributed by atoms with van der Waals surface area (Å²) in [5.74, 6) is 0.536. The van der Waals surface area contributed by atoms with Crippen LogP contribution < -0.4 is 5.73 Å². The van der Waals surface area contributed by atoms with Crippen LogP contribution in [0.1, 0.15) is 23.2 Å². The van der Waals surface area contributed by atoms with E-state index in [9.17, 15) is 4.79 Å². The van der Waals surface area contributed by atoms with Gasteiger partial charge in [0.05, 0.1) is 10.6 Å². The number of likely N-dealkylation sites (tertiary alicyclic amines) is 1. The number of pyridine rings is 1. The van der Waals surface area contributed by atoms with Gasteiger partial charge in [0.1, 0.15) is 5.82 Å². The number of halogens is 1. The zero-order valence-corrected chi connectivity index (χ0v) is 10.7. The van der Waals surface area contributed by atoms with Crippen LogP contribution in [0.2, 0.25) is 5.02 Å². The lowest BCUT2D eigenvalue weighted by Crippen LogP contribution is -2.29. The van der Waals surface area contributed by atoms with Gasteiger partial charge in [-0.15, -0.1) is 0 Å². The number of anilines is 1. The molecule has 1 aromatic heterocycles. The highest BCUT2D eigenvalue weighted by Crippen LogP contribution is 2.23. The van der Waals surface area contributed by atoms with Crippen molar-refractivity contribution >= 4 is 23.3 Å². The Hall–Kier alpha value is -1.33. The second-order valence-electron chi connectivity index (χ2n) is 4.51. The Kier molecular flexibility index (Phi) is 4.04. The molecule has 1 fully saturated rings. The van der Waals surface area contributed by atoms with Gasteiger partial charge in [0.15, 0.2) is 0 Å². The molecule has 0 saturated carbocycles. The third kappa shape index (κ3) is 2.73. The number of hydrogen-bond donors (Lipinski definition) is 2. The van der Waals surface area contributed by atoms with E-state index in [2.05, 4.69) is 4.98 Å². The molecule has 1 atom stereocenters. The fraction of sp³-hybridized carbons (Fsp3) is 0.500. The van der Waals surface area contributed by atoms with E-state index in [0.29, 0.717) is 29.6 Å². The summed E-state index contributed by atoms with van der Waals surface area (Å²) in [6.45, 7) is 1.56. The minimum atomic E-state index is -0.0789. The summed E-state index contributed by atoms with van der Waals surface area (Å²) < 4.78 is 0. The quantitative estimate of drug-likeness (QED) is 0.863. The molecule has 0 aliphatic carbocycles. The van der Waals surface area contributed by atoms with Crippen molar-refractivity contribution in [3.8, 4) is 0 Å². The van der Waals surface area contributed by atoms with E-state index in [-0.39, 0.29) is 18.3 Å². The van der Waals surface area contributed by atoms with Crippen molar-refractivity contribution in [3.63, 3.8) is 0 Å². The molecule has 1 unspecified atom stereocenters. The van der Waals surface area contributed by atoms with E-state index in [1.807, 2.05) is 0 Å². The number of carbonyl (C=O) groups excluding carboxylic acids is 1. The Bertz CT molecular complexity index is 453. The summed E-state index contributed by atoms with van der Waals surface area (Å²) in [6, 6.07) is 1.55. The number of amides is 1. The van der Waals surface area contributed by atoms with Gasteiger partial charge in [-0.1, -0.05) is 11.6 Å². The predicted molar refractivity (Wildman–Crippen MR) is 69.4 cm³/mol. The van der Waals surface area contributed by atoms with Crippen LogP contribution in [-0.4, -0.2) is 40.6 Å². The Labute approximate surface area is 111 Å². The molecular weight excluding hydrogens is 254 g/mol. The molecule has 1 saturated heterocycles. The van der Waals surface area contributed by atoms with Crippen LogP contribution in [0, 0.1) is 5.92 Å². The number of aliphatic hydroxyl groups excluding tert-OH is 1. The zero-order valence-electron chi connectivity index (χ0n) is 9.97. The predicted octanol–water partition coefficient (Wildman–Crippen LogP) is 1.16. The van der Waals surface area contributed by atoms with Gasteiger partial charge in [0.25, 0.3) is 5.91 Å².